The molecule has 0 heterocycles. The first-order valence-electron chi connectivity index (χ1n) is 3.24. The Morgan fingerprint density at radius 1 is 1.18 bits per heavy atom. The van der Waals surface area contributed by atoms with E-state index in [4.69, 9.17) is 0 Å². The third-order valence-corrected chi connectivity index (χ3v) is 1.43. The monoisotopic (exact) mass is 262 g/mol. The van der Waals surface area contributed by atoms with Crippen LogP contribution in [0.15, 0.2) is 24.3 Å². The molecule has 0 fully saturated rings. The van der Waals surface area contributed by atoms with Gasteiger partial charge in [0.15, 0.2) is 0 Å². The summed E-state index contributed by atoms with van der Waals surface area (Å²) in [5.41, 5.74) is 2.47. The second kappa shape index (κ2) is 6.88. The number of benzene rings is 1. The van der Waals surface area contributed by atoms with Crippen molar-refractivity contribution < 1.29 is 36.5 Å². The molecule has 0 N–H and O–H groups in total. The van der Waals surface area contributed by atoms with Crippen LogP contribution in [0.1, 0.15) is 18.1 Å². The fourth-order valence-electron chi connectivity index (χ4n) is 0.775. The second-order valence-corrected chi connectivity index (χ2v) is 2.17. The zero-order valence-electron chi connectivity index (χ0n) is 6.81. The molecular weight excluding hydrogens is 253 g/mol. The smallest absolute Gasteiger partial charge is 1.00 e. The van der Waals surface area contributed by atoms with Gasteiger partial charge in [0.05, 0.1) is 0 Å². The average molecular weight is 264 g/mol. The molecule has 0 aliphatic rings. The Hall–Kier alpha value is 0.193. The van der Waals surface area contributed by atoms with Crippen LogP contribution in [0.3, 0.4) is 0 Å². The Kier molecular flexibility index (Phi) is 8.60. The standard InChI is InChI=1S/C9H11.BrH.Zn/c1-3-9-6-4-8(2)5-7-9;;/h4-7H,2-3H2,1H3;1H;/q-1;;+2/p-1. The third kappa shape index (κ3) is 4.60. The summed E-state index contributed by atoms with van der Waals surface area (Å²) in [6.07, 6.45) is 1.11. The molecule has 0 spiro atoms. The quantitative estimate of drug-likeness (QED) is 0.471. The van der Waals surface area contributed by atoms with Gasteiger partial charge in [-0.3, -0.25) is 0 Å². The maximum absolute atomic E-state index is 3.80. The normalized spacial score (nSPS) is 7.73. The van der Waals surface area contributed by atoms with Gasteiger partial charge in [0, 0.05) is 0 Å². The minimum absolute atomic E-state index is 0. The molecule has 1 aromatic carbocycles. The van der Waals surface area contributed by atoms with Crippen molar-refractivity contribution in [2.24, 2.45) is 0 Å². The first kappa shape index (κ1) is 13.8. The van der Waals surface area contributed by atoms with Gasteiger partial charge < -0.3 is 17.0 Å². The Morgan fingerprint density at radius 3 is 2.00 bits per heavy atom. The molecule has 56 valence electrons. The average Bonchev–Trinajstić information content (AvgIpc) is 1.90. The van der Waals surface area contributed by atoms with E-state index in [1.807, 2.05) is 12.1 Å². The maximum atomic E-state index is 3.80. The molecule has 0 aliphatic carbocycles. The zero-order chi connectivity index (χ0) is 6.69. The van der Waals surface area contributed by atoms with Gasteiger partial charge in [-0.2, -0.15) is 24.6 Å². The molecule has 0 saturated carbocycles. The van der Waals surface area contributed by atoms with Crippen molar-refractivity contribution in [1.82, 2.24) is 0 Å². The van der Waals surface area contributed by atoms with E-state index in [-0.39, 0.29) is 36.5 Å². The number of hydrogen-bond donors (Lipinski definition) is 0. The van der Waals surface area contributed by atoms with E-state index in [1.54, 1.807) is 0 Å². The van der Waals surface area contributed by atoms with Gasteiger partial charge in [-0.25, -0.2) is 0 Å². The Morgan fingerprint density at radius 2 is 1.64 bits per heavy atom. The molecule has 0 radical (unpaired) electrons. The van der Waals surface area contributed by atoms with Crippen molar-refractivity contribution in [2.45, 2.75) is 13.3 Å². The molecule has 1 aromatic rings. The van der Waals surface area contributed by atoms with E-state index in [0.29, 0.717) is 0 Å². The number of halogens is 1. The number of hydrogen-bond acceptors (Lipinski definition) is 0. The summed E-state index contributed by atoms with van der Waals surface area (Å²) in [4.78, 5) is 0. The van der Waals surface area contributed by atoms with Crippen molar-refractivity contribution in [3.05, 3.63) is 42.3 Å². The maximum Gasteiger partial charge on any atom is 2.00 e. The van der Waals surface area contributed by atoms with Crippen molar-refractivity contribution in [3.63, 3.8) is 0 Å². The van der Waals surface area contributed by atoms with Crippen molar-refractivity contribution in [1.29, 1.82) is 0 Å². The summed E-state index contributed by atoms with van der Waals surface area (Å²) in [6.45, 7) is 5.95. The van der Waals surface area contributed by atoms with E-state index in [0.717, 1.165) is 12.0 Å². The van der Waals surface area contributed by atoms with Crippen LogP contribution in [-0.2, 0) is 25.9 Å². The van der Waals surface area contributed by atoms with Crippen LogP contribution in [0.2, 0.25) is 0 Å². The van der Waals surface area contributed by atoms with Crippen LogP contribution in [0.4, 0.5) is 0 Å². The van der Waals surface area contributed by atoms with E-state index in [9.17, 15) is 0 Å². The van der Waals surface area contributed by atoms with Crippen LogP contribution in [-0.4, -0.2) is 0 Å². The SMILES string of the molecule is [Br-].[CH2-]c1ccc(CC)cc1.[Zn+2]. The number of aryl methyl sites for hydroxylation is 1. The van der Waals surface area contributed by atoms with Gasteiger partial charge >= 0.3 is 19.5 Å². The van der Waals surface area contributed by atoms with Gasteiger partial charge in [0.2, 0.25) is 0 Å². The van der Waals surface area contributed by atoms with Crippen LogP contribution < -0.4 is 17.0 Å². The predicted octanol–water partition coefficient (Wildman–Crippen LogP) is -0.567. The minimum atomic E-state index is 0. The van der Waals surface area contributed by atoms with Crippen molar-refractivity contribution in [2.75, 3.05) is 0 Å². The molecule has 0 saturated heterocycles. The fourth-order valence-corrected chi connectivity index (χ4v) is 0.775. The summed E-state index contributed by atoms with van der Waals surface area (Å²) in [6, 6.07) is 8.31. The molecular formula is C9H11BrZn. The number of rotatable bonds is 1. The topological polar surface area (TPSA) is 0 Å². The van der Waals surface area contributed by atoms with E-state index >= 15 is 0 Å². The molecule has 0 nitrogen and oxygen atoms in total. The van der Waals surface area contributed by atoms with Crippen LogP contribution in [0.25, 0.3) is 0 Å². The summed E-state index contributed by atoms with van der Waals surface area (Å²) in [5, 5.41) is 0. The van der Waals surface area contributed by atoms with Gasteiger partial charge in [-0.1, -0.05) is 12.5 Å². The van der Waals surface area contributed by atoms with Crippen LogP contribution in [0.5, 0.6) is 0 Å². The van der Waals surface area contributed by atoms with E-state index in [2.05, 4.69) is 26.0 Å². The molecule has 11 heavy (non-hydrogen) atoms. The predicted molar refractivity (Wildman–Crippen MR) is 40.3 cm³/mol. The molecule has 0 bridgehead atoms. The van der Waals surface area contributed by atoms with Crippen molar-refractivity contribution in [3.8, 4) is 0 Å². The van der Waals surface area contributed by atoms with Gasteiger partial charge in [0.1, 0.15) is 0 Å². The molecule has 0 amide bonds. The zero-order valence-corrected chi connectivity index (χ0v) is 11.4. The van der Waals surface area contributed by atoms with Gasteiger partial charge in [0.25, 0.3) is 0 Å². The molecule has 0 aliphatic heterocycles. The Labute approximate surface area is 91.9 Å². The van der Waals surface area contributed by atoms with Crippen LogP contribution in [0, 0.1) is 6.92 Å². The molecule has 1 rings (SSSR count). The first-order chi connectivity index (χ1) is 4.33. The Balaban J connectivity index is 0. The molecule has 0 unspecified atom stereocenters. The molecule has 0 atom stereocenters. The summed E-state index contributed by atoms with van der Waals surface area (Å²) >= 11 is 0. The molecule has 0 aromatic heterocycles. The summed E-state index contributed by atoms with van der Waals surface area (Å²) in [5.74, 6) is 0. The molecule has 2 heteroatoms. The van der Waals surface area contributed by atoms with Crippen molar-refractivity contribution >= 4 is 0 Å². The van der Waals surface area contributed by atoms with E-state index < -0.39 is 0 Å². The van der Waals surface area contributed by atoms with Crippen LogP contribution >= 0.6 is 0 Å². The summed E-state index contributed by atoms with van der Waals surface area (Å²) in [7, 11) is 0. The van der Waals surface area contributed by atoms with E-state index in [1.165, 1.54) is 5.56 Å². The third-order valence-electron chi connectivity index (χ3n) is 1.43. The largest absolute Gasteiger partial charge is 2.00 e. The fraction of sp³-hybridized carbons (Fsp3) is 0.222. The van der Waals surface area contributed by atoms with Gasteiger partial charge in [-0.05, 0) is 6.42 Å². The second-order valence-electron chi connectivity index (χ2n) is 2.17. The first-order valence-corrected chi connectivity index (χ1v) is 3.24. The minimum Gasteiger partial charge on any atom is -1.00 e. The summed E-state index contributed by atoms with van der Waals surface area (Å²) < 4.78 is 0. The Bertz CT molecular complexity index is 181. The van der Waals surface area contributed by atoms with Gasteiger partial charge in [-0.15, -0.1) is 12.1 Å².